The Balaban J connectivity index is 3.04. The molecule has 0 heterocycles. The van der Waals surface area contributed by atoms with Crippen LogP contribution in [-0.2, 0) is 0 Å². The molecule has 1 aromatic rings. The van der Waals surface area contributed by atoms with E-state index in [2.05, 4.69) is 6.58 Å². The summed E-state index contributed by atoms with van der Waals surface area (Å²) in [6, 6.07) is 2.01. The van der Waals surface area contributed by atoms with E-state index in [-0.39, 0.29) is 5.69 Å². The van der Waals surface area contributed by atoms with E-state index in [1.807, 2.05) is 13.0 Å². The number of halogens is 2. The second-order valence-electron chi connectivity index (χ2n) is 3.26. The molecule has 0 aliphatic carbocycles. The maximum atomic E-state index is 13.0. The first-order chi connectivity index (χ1) is 7.56. The normalized spacial score (nSPS) is 11.4. The summed E-state index contributed by atoms with van der Waals surface area (Å²) in [5.74, 6) is -1.88. The molecule has 84 valence electrons. The second kappa shape index (κ2) is 5.26. The predicted octanol–water partition coefficient (Wildman–Crippen LogP) is 3.69. The zero-order valence-electron chi connectivity index (χ0n) is 9.00. The van der Waals surface area contributed by atoms with Gasteiger partial charge in [-0.15, -0.1) is 0 Å². The smallest absolute Gasteiger partial charge is 0.160 e. The van der Waals surface area contributed by atoms with Crippen LogP contribution in [0.3, 0.4) is 0 Å². The van der Waals surface area contributed by atoms with Gasteiger partial charge in [0.25, 0.3) is 0 Å². The number of hydrogen-bond acceptors (Lipinski definition) is 1. The third kappa shape index (κ3) is 2.79. The number of anilines is 1. The molecule has 1 rings (SSSR count). The van der Waals surface area contributed by atoms with Crippen molar-refractivity contribution in [2.24, 2.45) is 0 Å². The van der Waals surface area contributed by atoms with Crippen molar-refractivity contribution in [1.29, 1.82) is 0 Å². The standard InChI is InChI=1S/C13H13F2N/c1-3-4-5-6-9(2)10-7-11(14)12(15)8-13(10)16/h3-8H,2,16H2,1H3/b4-3-,6-5-. The van der Waals surface area contributed by atoms with Crippen molar-refractivity contribution in [3.05, 3.63) is 60.2 Å². The first-order valence-electron chi connectivity index (χ1n) is 4.79. The highest BCUT2D eigenvalue weighted by Crippen LogP contribution is 2.24. The van der Waals surface area contributed by atoms with Gasteiger partial charge in [0.15, 0.2) is 11.6 Å². The molecule has 0 bridgehead atoms. The van der Waals surface area contributed by atoms with Crippen LogP contribution in [0, 0.1) is 11.6 Å². The van der Waals surface area contributed by atoms with E-state index in [1.165, 1.54) is 0 Å². The first kappa shape index (κ1) is 12.2. The Hall–Kier alpha value is -1.90. The fraction of sp³-hybridized carbons (Fsp3) is 0.0769. The highest BCUT2D eigenvalue weighted by Gasteiger charge is 2.08. The Labute approximate surface area is 93.6 Å². The van der Waals surface area contributed by atoms with Gasteiger partial charge in [0.05, 0.1) is 0 Å². The molecule has 0 aliphatic rings. The summed E-state index contributed by atoms with van der Waals surface area (Å²) < 4.78 is 25.8. The summed E-state index contributed by atoms with van der Waals surface area (Å²) in [5.41, 5.74) is 6.69. The summed E-state index contributed by atoms with van der Waals surface area (Å²) in [6.45, 7) is 5.61. The molecule has 3 heteroatoms. The van der Waals surface area contributed by atoms with Crippen LogP contribution in [0.25, 0.3) is 5.57 Å². The molecule has 16 heavy (non-hydrogen) atoms. The molecule has 0 unspecified atom stereocenters. The van der Waals surface area contributed by atoms with Crippen LogP contribution in [0.5, 0.6) is 0 Å². The lowest BCUT2D eigenvalue weighted by molar-refractivity contribution is 0.509. The lowest BCUT2D eigenvalue weighted by Crippen LogP contribution is -1.96. The third-order valence-corrected chi connectivity index (χ3v) is 2.04. The van der Waals surface area contributed by atoms with Gasteiger partial charge in [-0.2, -0.15) is 0 Å². The minimum Gasteiger partial charge on any atom is -0.398 e. The summed E-state index contributed by atoms with van der Waals surface area (Å²) in [6.07, 6.45) is 7.09. The average molecular weight is 221 g/mol. The molecule has 0 saturated carbocycles. The van der Waals surface area contributed by atoms with Crippen LogP contribution in [0.1, 0.15) is 12.5 Å². The molecule has 0 spiro atoms. The van der Waals surface area contributed by atoms with E-state index in [4.69, 9.17) is 5.73 Å². The van der Waals surface area contributed by atoms with Crippen LogP contribution in [0.2, 0.25) is 0 Å². The van der Waals surface area contributed by atoms with Gasteiger partial charge in [-0.05, 0) is 18.6 Å². The maximum Gasteiger partial charge on any atom is 0.160 e. The van der Waals surface area contributed by atoms with Crippen molar-refractivity contribution in [2.75, 3.05) is 5.73 Å². The zero-order valence-corrected chi connectivity index (χ0v) is 9.00. The fourth-order valence-corrected chi connectivity index (χ4v) is 1.21. The summed E-state index contributed by atoms with van der Waals surface area (Å²) in [4.78, 5) is 0. The largest absolute Gasteiger partial charge is 0.398 e. The van der Waals surface area contributed by atoms with Crippen molar-refractivity contribution in [3.8, 4) is 0 Å². The highest BCUT2D eigenvalue weighted by molar-refractivity contribution is 5.79. The fourth-order valence-electron chi connectivity index (χ4n) is 1.21. The molecule has 0 saturated heterocycles. The van der Waals surface area contributed by atoms with Crippen molar-refractivity contribution in [2.45, 2.75) is 6.92 Å². The summed E-state index contributed by atoms with van der Waals surface area (Å²) >= 11 is 0. The SMILES string of the molecule is C=C(/C=C\C=C/C)c1cc(F)c(F)cc1N. The number of hydrogen-bond donors (Lipinski definition) is 1. The van der Waals surface area contributed by atoms with Crippen molar-refractivity contribution >= 4 is 11.3 Å². The highest BCUT2D eigenvalue weighted by atomic mass is 19.2. The van der Waals surface area contributed by atoms with E-state index < -0.39 is 11.6 Å². The van der Waals surface area contributed by atoms with Gasteiger partial charge < -0.3 is 5.73 Å². The lowest BCUT2D eigenvalue weighted by Gasteiger charge is -2.05. The molecule has 0 atom stereocenters. The minimum absolute atomic E-state index is 0.175. The summed E-state index contributed by atoms with van der Waals surface area (Å²) in [7, 11) is 0. The molecule has 1 nitrogen and oxygen atoms in total. The summed E-state index contributed by atoms with van der Waals surface area (Å²) in [5, 5.41) is 0. The van der Waals surface area contributed by atoms with Gasteiger partial charge >= 0.3 is 0 Å². The Morgan fingerprint density at radius 3 is 2.50 bits per heavy atom. The van der Waals surface area contributed by atoms with Crippen molar-refractivity contribution < 1.29 is 8.78 Å². The predicted molar refractivity (Wildman–Crippen MR) is 63.8 cm³/mol. The average Bonchev–Trinajstić information content (AvgIpc) is 2.23. The van der Waals surface area contributed by atoms with Gasteiger partial charge in [-0.1, -0.05) is 30.9 Å². The van der Waals surface area contributed by atoms with Crippen LogP contribution in [-0.4, -0.2) is 0 Å². The van der Waals surface area contributed by atoms with Gasteiger partial charge in [-0.3, -0.25) is 0 Å². The van der Waals surface area contributed by atoms with E-state index in [0.29, 0.717) is 11.1 Å². The zero-order chi connectivity index (χ0) is 12.1. The number of benzene rings is 1. The van der Waals surface area contributed by atoms with Crippen LogP contribution < -0.4 is 5.73 Å². The molecule has 2 N–H and O–H groups in total. The monoisotopic (exact) mass is 221 g/mol. The van der Waals surface area contributed by atoms with Crippen LogP contribution >= 0.6 is 0 Å². The molecular weight excluding hydrogens is 208 g/mol. The van der Waals surface area contributed by atoms with E-state index in [9.17, 15) is 8.78 Å². The third-order valence-electron chi connectivity index (χ3n) is 2.04. The molecule has 1 aromatic carbocycles. The van der Waals surface area contributed by atoms with Crippen LogP contribution in [0.15, 0.2) is 43.0 Å². The Morgan fingerprint density at radius 1 is 1.25 bits per heavy atom. The van der Waals surface area contributed by atoms with Gasteiger partial charge in [0.1, 0.15) is 0 Å². The van der Waals surface area contributed by atoms with Crippen molar-refractivity contribution in [3.63, 3.8) is 0 Å². The van der Waals surface area contributed by atoms with Crippen molar-refractivity contribution in [1.82, 2.24) is 0 Å². The quantitative estimate of drug-likeness (QED) is 0.611. The number of rotatable bonds is 3. The Morgan fingerprint density at radius 2 is 1.88 bits per heavy atom. The molecule has 0 amide bonds. The topological polar surface area (TPSA) is 26.0 Å². The minimum atomic E-state index is -0.952. The number of nitrogen functional groups attached to an aromatic ring is 1. The number of nitrogens with two attached hydrogens (primary N) is 1. The molecule has 0 aliphatic heterocycles. The maximum absolute atomic E-state index is 13.0. The van der Waals surface area contributed by atoms with E-state index in [0.717, 1.165) is 12.1 Å². The Kier molecular flexibility index (Phi) is 4.00. The second-order valence-corrected chi connectivity index (χ2v) is 3.26. The Bertz CT molecular complexity index is 459. The molecule has 0 aromatic heterocycles. The van der Waals surface area contributed by atoms with E-state index >= 15 is 0 Å². The van der Waals surface area contributed by atoms with Gasteiger partial charge in [0, 0.05) is 17.3 Å². The number of allylic oxidation sites excluding steroid dienone is 5. The van der Waals surface area contributed by atoms with Gasteiger partial charge in [0.2, 0.25) is 0 Å². The van der Waals surface area contributed by atoms with Gasteiger partial charge in [-0.25, -0.2) is 8.78 Å². The van der Waals surface area contributed by atoms with Crippen LogP contribution in [0.4, 0.5) is 14.5 Å². The molecule has 0 fully saturated rings. The molecule has 0 radical (unpaired) electrons. The molecular formula is C13H13F2N. The van der Waals surface area contributed by atoms with E-state index in [1.54, 1.807) is 18.2 Å². The first-order valence-corrected chi connectivity index (χ1v) is 4.79. The lowest BCUT2D eigenvalue weighted by atomic mass is 10.0.